The smallest absolute Gasteiger partial charge is 0.409 e. The minimum atomic E-state index is -4.47. The summed E-state index contributed by atoms with van der Waals surface area (Å²) in [4.78, 5) is 0. The van der Waals surface area contributed by atoms with Gasteiger partial charge in [-0.15, -0.1) is 0 Å². The van der Waals surface area contributed by atoms with Crippen LogP contribution in [0.5, 0.6) is 0 Å². The van der Waals surface area contributed by atoms with Crippen LogP contribution < -0.4 is 5.73 Å². The molecule has 0 aliphatic rings. The first kappa shape index (κ1) is 13.3. The van der Waals surface area contributed by atoms with Crippen LogP contribution in [0.2, 0.25) is 0 Å². The number of oxime groups is 1. The molecule has 0 aliphatic heterocycles. The third kappa shape index (κ3) is 3.11. The van der Waals surface area contributed by atoms with Crippen molar-refractivity contribution in [1.82, 2.24) is 9.78 Å². The number of hydrogen-bond donors (Lipinski definition) is 2. The third-order valence-electron chi connectivity index (χ3n) is 2.26. The van der Waals surface area contributed by atoms with Crippen LogP contribution in [0, 0.1) is 6.92 Å². The molecule has 1 atom stereocenters. The Bertz CT molecular complexity index is 424. The monoisotopic (exact) mass is 250 g/mol. The van der Waals surface area contributed by atoms with Crippen LogP contribution in [0.3, 0.4) is 0 Å². The van der Waals surface area contributed by atoms with Gasteiger partial charge in [-0.2, -0.15) is 18.3 Å². The summed E-state index contributed by atoms with van der Waals surface area (Å²) in [6, 6.07) is 0.546. The number of hydrogen-bond acceptors (Lipinski definition) is 3. The summed E-state index contributed by atoms with van der Waals surface area (Å²) in [5, 5.41) is 14.6. The van der Waals surface area contributed by atoms with E-state index in [0.717, 1.165) is 6.07 Å². The largest absolute Gasteiger partial charge is 0.435 e. The minimum Gasteiger partial charge on any atom is -0.409 e. The molecule has 8 heteroatoms. The van der Waals surface area contributed by atoms with E-state index in [-0.39, 0.29) is 12.3 Å². The molecule has 0 aromatic carbocycles. The molecule has 0 bridgehead atoms. The highest BCUT2D eigenvalue weighted by Gasteiger charge is 2.34. The van der Waals surface area contributed by atoms with Gasteiger partial charge in [0.2, 0.25) is 0 Å². The fourth-order valence-electron chi connectivity index (χ4n) is 1.50. The first-order chi connectivity index (χ1) is 7.75. The maximum absolute atomic E-state index is 12.4. The number of amidine groups is 1. The second kappa shape index (κ2) is 4.64. The predicted octanol–water partition coefficient (Wildman–Crippen LogP) is 1.91. The van der Waals surface area contributed by atoms with Crippen molar-refractivity contribution in [3.63, 3.8) is 0 Å². The molecule has 96 valence electrons. The van der Waals surface area contributed by atoms with Gasteiger partial charge in [0, 0.05) is 12.1 Å². The van der Waals surface area contributed by atoms with Gasteiger partial charge in [0.25, 0.3) is 0 Å². The van der Waals surface area contributed by atoms with Crippen LogP contribution in [0.15, 0.2) is 11.2 Å². The molecule has 0 unspecified atom stereocenters. The first-order valence-electron chi connectivity index (χ1n) is 4.85. The minimum absolute atomic E-state index is 0.0547. The first-order valence-corrected chi connectivity index (χ1v) is 4.85. The molecule has 1 rings (SSSR count). The number of halogens is 3. The lowest BCUT2D eigenvalue weighted by Crippen LogP contribution is -2.20. The number of rotatable bonds is 3. The summed E-state index contributed by atoms with van der Waals surface area (Å²) in [6.45, 7) is 3.16. The summed E-state index contributed by atoms with van der Waals surface area (Å²) in [6.07, 6.45) is -4.34. The SMILES string of the molecule is Cc1cc(C(F)(F)F)nn1[C@@H](C)C/C(N)=N\O. The van der Waals surface area contributed by atoms with Gasteiger partial charge in [0.15, 0.2) is 5.69 Å². The van der Waals surface area contributed by atoms with Gasteiger partial charge >= 0.3 is 6.18 Å². The Morgan fingerprint density at radius 2 is 2.24 bits per heavy atom. The molecule has 5 nitrogen and oxygen atoms in total. The number of aromatic nitrogens is 2. The van der Waals surface area contributed by atoms with Crippen LogP contribution in [0.4, 0.5) is 13.2 Å². The number of nitrogens with two attached hydrogens (primary N) is 1. The highest BCUT2D eigenvalue weighted by atomic mass is 19.4. The van der Waals surface area contributed by atoms with Crippen LogP contribution in [0.25, 0.3) is 0 Å². The summed E-state index contributed by atoms with van der Waals surface area (Å²) in [7, 11) is 0. The van der Waals surface area contributed by atoms with E-state index in [0.29, 0.717) is 5.69 Å². The zero-order valence-corrected chi connectivity index (χ0v) is 9.36. The van der Waals surface area contributed by atoms with E-state index < -0.39 is 17.9 Å². The van der Waals surface area contributed by atoms with E-state index >= 15 is 0 Å². The summed E-state index contributed by atoms with van der Waals surface area (Å²) >= 11 is 0. The Labute approximate surface area is 95.7 Å². The van der Waals surface area contributed by atoms with Crippen molar-refractivity contribution < 1.29 is 18.4 Å². The molecular formula is C9H13F3N4O. The predicted molar refractivity (Wildman–Crippen MR) is 54.7 cm³/mol. The highest BCUT2D eigenvalue weighted by Crippen LogP contribution is 2.29. The Hall–Kier alpha value is -1.73. The zero-order valence-electron chi connectivity index (χ0n) is 9.36. The van der Waals surface area contributed by atoms with Gasteiger partial charge in [-0.25, -0.2) is 0 Å². The second-order valence-corrected chi connectivity index (χ2v) is 3.76. The average Bonchev–Trinajstić information content (AvgIpc) is 2.59. The van der Waals surface area contributed by atoms with Crippen LogP contribution in [-0.2, 0) is 6.18 Å². The van der Waals surface area contributed by atoms with Gasteiger partial charge < -0.3 is 10.9 Å². The lowest BCUT2D eigenvalue weighted by Gasteiger charge is -2.13. The van der Waals surface area contributed by atoms with Gasteiger partial charge in [-0.1, -0.05) is 5.16 Å². The van der Waals surface area contributed by atoms with Crippen molar-refractivity contribution in [3.8, 4) is 0 Å². The molecule has 0 spiro atoms. The quantitative estimate of drug-likeness (QED) is 0.372. The Kier molecular flexibility index (Phi) is 3.64. The fraction of sp³-hybridized carbons (Fsp3) is 0.556. The van der Waals surface area contributed by atoms with Gasteiger partial charge in [-0.05, 0) is 19.9 Å². The van der Waals surface area contributed by atoms with Crippen molar-refractivity contribution in [2.24, 2.45) is 10.9 Å². The summed E-state index contributed by atoms with van der Waals surface area (Å²) in [5.74, 6) is -0.0547. The molecule has 0 aliphatic carbocycles. The number of nitrogens with zero attached hydrogens (tertiary/aromatic N) is 3. The van der Waals surface area contributed by atoms with E-state index in [1.165, 1.54) is 11.6 Å². The molecule has 0 saturated heterocycles. The molecule has 0 radical (unpaired) electrons. The van der Waals surface area contributed by atoms with Gasteiger partial charge in [0.1, 0.15) is 5.84 Å². The van der Waals surface area contributed by atoms with Crippen molar-refractivity contribution in [1.29, 1.82) is 0 Å². The highest BCUT2D eigenvalue weighted by molar-refractivity contribution is 5.79. The Balaban J connectivity index is 2.95. The maximum atomic E-state index is 12.4. The van der Waals surface area contributed by atoms with Gasteiger partial charge in [0.05, 0.1) is 6.04 Å². The molecule has 1 aromatic heterocycles. The molecule has 1 heterocycles. The third-order valence-corrected chi connectivity index (χ3v) is 2.26. The van der Waals surface area contributed by atoms with E-state index in [9.17, 15) is 13.2 Å². The standard InChI is InChI=1S/C9H13F3N4O/c1-5-3-7(9(10,11)12)14-16(5)6(2)4-8(13)15-17/h3,6,17H,4H2,1-2H3,(H2,13,15)/t6-/m0/s1. The summed E-state index contributed by atoms with van der Waals surface area (Å²) in [5.41, 5.74) is 4.72. The summed E-state index contributed by atoms with van der Waals surface area (Å²) < 4.78 is 38.4. The lowest BCUT2D eigenvalue weighted by molar-refractivity contribution is -0.141. The van der Waals surface area contributed by atoms with Crippen molar-refractivity contribution in [2.75, 3.05) is 0 Å². The van der Waals surface area contributed by atoms with Crippen LogP contribution in [0.1, 0.15) is 30.8 Å². The van der Waals surface area contributed by atoms with Crippen LogP contribution in [-0.4, -0.2) is 20.8 Å². The molecule has 3 N–H and O–H groups in total. The molecular weight excluding hydrogens is 237 g/mol. The zero-order chi connectivity index (χ0) is 13.2. The van der Waals surface area contributed by atoms with Gasteiger partial charge in [-0.3, -0.25) is 4.68 Å². The number of alkyl halides is 3. The molecule has 0 amide bonds. The molecule has 1 aromatic rings. The molecule has 17 heavy (non-hydrogen) atoms. The maximum Gasteiger partial charge on any atom is 0.435 e. The Morgan fingerprint density at radius 3 is 2.65 bits per heavy atom. The molecule has 0 saturated carbocycles. The number of aryl methyl sites for hydroxylation is 1. The lowest BCUT2D eigenvalue weighted by atomic mass is 10.2. The van der Waals surface area contributed by atoms with E-state index in [1.54, 1.807) is 6.92 Å². The van der Waals surface area contributed by atoms with E-state index in [1.807, 2.05) is 0 Å². The van der Waals surface area contributed by atoms with E-state index in [4.69, 9.17) is 10.9 Å². The molecule has 0 fully saturated rings. The average molecular weight is 250 g/mol. The van der Waals surface area contributed by atoms with Crippen molar-refractivity contribution >= 4 is 5.84 Å². The fourth-order valence-corrected chi connectivity index (χ4v) is 1.50. The van der Waals surface area contributed by atoms with Crippen LogP contribution >= 0.6 is 0 Å². The second-order valence-electron chi connectivity index (χ2n) is 3.76. The van der Waals surface area contributed by atoms with Crippen molar-refractivity contribution in [2.45, 2.75) is 32.5 Å². The Morgan fingerprint density at radius 1 is 1.65 bits per heavy atom. The van der Waals surface area contributed by atoms with Crippen molar-refractivity contribution in [3.05, 3.63) is 17.5 Å². The normalized spacial score (nSPS) is 15.0. The topological polar surface area (TPSA) is 76.4 Å². The van der Waals surface area contributed by atoms with E-state index in [2.05, 4.69) is 10.3 Å².